The molecule has 0 amide bonds. The van der Waals surface area contributed by atoms with E-state index in [9.17, 15) is 8.42 Å². The molecule has 0 fully saturated rings. The van der Waals surface area contributed by atoms with Crippen molar-refractivity contribution in [1.29, 1.82) is 0 Å². The van der Waals surface area contributed by atoms with Gasteiger partial charge in [-0.25, -0.2) is 0 Å². The summed E-state index contributed by atoms with van der Waals surface area (Å²) < 4.78 is 35.6. The zero-order chi connectivity index (χ0) is 15.8. The van der Waals surface area contributed by atoms with Crippen molar-refractivity contribution in [3.8, 4) is 5.75 Å². The second-order valence-corrected chi connectivity index (χ2v) is 6.73. The summed E-state index contributed by atoms with van der Waals surface area (Å²) >= 11 is 0. The first-order chi connectivity index (χ1) is 10.5. The molecule has 5 heteroatoms. The molecule has 0 saturated heterocycles. The second-order valence-electron chi connectivity index (χ2n) is 5.16. The standard InChI is InChI=1S/C17H20O4S/c18-22(19,20)13-5-4-6-15-9-11-17(12-10-15)21-14-16-7-2-1-3-8-16/h1-3,7-12H,4-6,13-14H2,(H,18,19,20). The van der Waals surface area contributed by atoms with Gasteiger partial charge in [0, 0.05) is 0 Å². The summed E-state index contributed by atoms with van der Waals surface area (Å²) in [4.78, 5) is 0. The molecule has 0 spiro atoms. The summed E-state index contributed by atoms with van der Waals surface area (Å²) in [5.41, 5.74) is 2.25. The van der Waals surface area contributed by atoms with E-state index in [4.69, 9.17) is 9.29 Å². The minimum absolute atomic E-state index is 0.175. The molecular formula is C17H20O4S. The smallest absolute Gasteiger partial charge is 0.264 e. The highest BCUT2D eigenvalue weighted by Gasteiger charge is 2.03. The molecule has 2 aromatic carbocycles. The first-order valence-corrected chi connectivity index (χ1v) is 8.85. The molecule has 0 aliphatic carbocycles. The highest BCUT2D eigenvalue weighted by atomic mass is 32.2. The summed E-state index contributed by atoms with van der Waals surface area (Å²) in [5.74, 6) is 0.635. The second kappa shape index (κ2) is 7.96. The van der Waals surface area contributed by atoms with E-state index in [1.807, 2.05) is 54.6 Å². The van der Waals surface area contributed by atoms with Crippen LogP contribution in [0.2, 0.25) is 0 Å². The molecule has 118 valence electrons. The normalized spacial score (nSPS) is 11.3. The van der Waals surface area contributed by atoms with Gasteiger partial charge in [0.05, 0.1) is 5.75 Å². The van der Waals surface area contributed by atoms with Gasteiger partial charge in [0.1, 0.15) is 12.4 Å². The predicted molar refractivity (Wildman–Crippen MR) is 86.6 cm³/mol. The lowest BCUT2D eigenvalue weighted by Crippen LogP contribution is -2.03. The molecule has 2 rings (SSSR count). The van der Waals surface area contributed by atoms with E-state index in [1.54, 1.807) is 0 Å². The van der Waals surface area contributed by atoms with Crippen LogP contribution >= 0.6 is 0 Å². The van der Waals surface area contributed by atoms with Gasteiger partial charge < -0.3 is 4.74 Å². The molecule has 0 aliphatic heterocycles. The minimum atomic E-state index is -3.84. The third-order valence-corrected chi connectivity index (χ3v) is 4.09. The third kappa shape index (κ3) is 6.28. The Morgan fingerprint density at radius 1 is 0.864 bits per heavy atom. The van der Waals surface area contributed by atoms with Gasteiger partial charge in [-0.2, -0.15) is 8.42 Å². The fraction of sp³-hybridized carbons (Fsp3) is 0.294. The van der Waals surface area contributed by atoms with E-state index in [2.05, 4.69) is 0 Å². The number of aryl methyl sites for hydroxylation is 1. The average molecular weight is 320 g/mol. The molecule has 0 saturated carbocycles. The molecule has 0 atom stereocenters. The number of benzene rings is 2. The first kappa shape index (κ1) is 16.5. The van der Waals surface area contributed by atoms with E-state index >= 15 is 0 Å². The Bertz CT molecular complexity index is 664. The number of hydrogen-bond donors (Lipinski definition) is 1. The van der Waals surface area contributed by atoms with E-state index in [0.29, 0.717) is 13.0 Å². The van der Waals surface area contributed by atoms with Crippen molar-refractivity contribution in [1.82, 2.24) is 0 Å². The minimum Gasteiger partial charge on any atom is -0.489 e. The molecule has 0 radical (unpaired) electrons. The Morgan fingerprint density at radius 3 is 2.18 bits per heavy atom. The van der Waals surface area contributed by atoms with Crippen LogP contribution in [-0.4, -0.2) is 18.7 Å². The van der Waals surface area contributed by atoms with Crippen molar-refractivity contribution in [3.63, 3.8) is 0 Å². The molecule has 0 bridgehead atoms. The van der Waals surface area contributed by atoms with Gasteiger partial charge in [0.15, 0.2) is 0 Å². The third-order valence-electron chi connectivity index (χ3n) is 3.29. The molecule has 4 nitrogen and oxygen atoms in total. The van der Waals surface area contributed by atoms with E-state index in [1.165, 1.54) is 0 Å². The van der Waals surface area contributed by atoms with Crippen molar-refractivity contribution in [2.75, 3.05) is 5.75 Å². The van der Waals surface area contributed by atoms with Gasteiger partial charge >= 0.3 is 0 Å². The highest BCUT2D eigenvalue weighted by molar-refractivity contribution is 7.85. The van der Waals surface area contributed by atoms with E-state index < -0.39 is 10.1 Å². The van der Waals surface area contributed by atoms with Crippen LogP contribution in [0.25, 0.3) is 0 Å². The summed E-state index contributed by atoms with van der Waals surface area (Å²) in [6.45, 7) is 0.536. The highest BCUT2D eigenvalue weighted by Crippen LogP contribution is 2.15. The van der Waals surface area contributed by atoms with Gasteiger partial charge in [-0.15, -0.1) is 0 Å². The van der Waals surface area contributed by atoms with Gasteiger partial charge in [0.25, 0.3) is 10.1 Å². The Kier molecular flexibility index (Phi) is 5.98. The fourth-order valence-electron chi connectivity index (χ4n) is 2.11. The molecule has 0 aliphatic rings. The fourth-order valence-corrected chi connectivity index (χ4v) is 2.68. The molecular weight excluding hydrogens is 300 g/mol. The van der Waals surface area contributed by atoms with Gasteiger partial charge in [-0.3, -0.25) is 4.55 Å². The van der Waals surface area contributed by atoms with Gasteiger partial charge in [0.2, 0.25) is 0 Å². The molecule has 22 heavy (non-hydrogen) atoms. The summed E-state index contributed by atoms with van der Waals surface area (Å²) in [6.07, 6.45) is 1.98. The van der Waals surface area contributed by atoms with E-state index in [-0.39, 0.29) is 5.75 Å². The van der Waals surface area contributed by atoms with Crippen LogP contribution in [0.1, 0.15) is 24.0 Å². The largest absolute Gasteiger partial charge is 0.489 e. The number of unbranched alkanes of at least 4 members (excludes halogenated alkanes) is 1. The van der Waals surface area contributed by atoms with Crippen LogP contribution in [-0.2, 0) is 23.1 Å². The number of ether oxygens (including phenoxy) is 1. The number of hydrogen-bond acceptors (Lipinski definition) is 3. The zero-order valence-corrected chi connectivity index (χ0v) is 13.1. The molecule has 1 N–H and O–H groups in total. The van der Waals surface area contributed by atoms with Crippen LogP contribution in [0.4, 0.5) is 0 Å². The maximum absolute atomic E-state index is 10.6. The lowest BCUT2D eigenvalue weighted by atomic mass is 10.1. The monoisotopic (exact) mass is 320 g/mol. The van der Waals surface area contributed by atoms with Crippen LogP contribution in [0.15, 0.2) is 54.6 Å². The van der Waals surface area contributed by atoms with Crippen molar-refractivity contribution in [2.45, 2.75) is 25.9 Å². The van der Waals surface area contributed by atoms with Crippen molar-refractivity contribution < 1.29 is 17.7 Å². The molecule has 0 heterocycles. The Hall–Kier alpha value is -1.85. The van der Waals surface area contributed by atoms with Gasteiger partial charge in [-0.05, 0) is 42.5 Å². The van der Waals surface area contributed by atoms with Crippen LogP contribution < -0.4 is 4.74 Å². The average Bonchev–Trinajstić information content (AvgIpc) is 2.51. The van der Waals surface area contributed by atoms with Crippen molar-refractivity contribution >= 4 is 10.1 Å². The Balaban J connectivity index is 1.75. The summed E-state index contributed by atoms with van der Waals surface area (Å²) in [7, 11) is -3.84. The van der Waals surface area contributed by atoms with Crippen LogP contribution in [0.3, 0.4) is 0 Å². The van der Waals surface area contributed by atoms with Crippen LogP contribution in [0, 0.1) is 0 Å². The van der Waals surface area contributed by atoms with E-state index in [0.717, 1.165) is 29.7 Å². The Morgan fingerprint density at radius 2 is 1.55 bits per heavy atom. The zero-order valence-electron chi connectivity index (χ0n) is 12.3. The predicted octanol–water partition coefficient (Wildman–Crippen LogP) is 3.48. The molecule has 0 aromatic heterocycles. The maximum atomic E-state index is 10.6. The summed E-state index contributed by atoms with van der Waals surface area (Å²) in [5, 5.41) is 0. The lowest BCUT2D eigenvalue weighted by Gasteiger charge is -2.07. The van der Waals surface area contributed by atoms with Crippen molar-refractivity contribution in [3.05, 3.63) is 65.7 Å². The quantitative estimate of drug-likeness (QED) is 0.597. The molecule has 2 aromatic rings. The Labute approximate surface area is 131 Å². The number of rotatable bonds is 8. The SMILES string of the molecule is O=S(=O)(O)CCCCc1ccc(OCc2ccccc2)cc1. The van der Waals surface area contributed by atoms with Gasteiger partial charge in [-0.1, -0.05) is 42.5 Å². The topological polar surface area (TPSA) is 63.6 Å². The van der Waals surface area contributed by atoms with Crippen LogP contribution in [0.5, 0.6) is 5.75 Å². The first-order valence-electron chi connectivity index (χ1n) is 7.24. The summed E-state index contributed by atoms with van der Waals surface area (Å²) in [6, 6.07) is 17.8. The molecule has 0 unspecified atom stereocenters. The maximum Gasteiger partial charge on any atom is 0.264 e. The van der Waals surface area contributed by atoms with Crippen molar-refractivity contribution in [2.24, 2.45) is 0 Å². The lowest BCUT2D eigenvalue weighted by molar-refractivity contribution is 0.306.